The van der Waals surface area contributed by atoms with Crippen molar-refractivity contribution in [3.8, 4) is 5.75 Å². The van der Waals surface area contributed by atoms with Crippen LogP contribution in [0.2, 0.25) is 10.0 Å². The van der Waals surface area contributed by atoms with Gasteiger partial charge in [-0.05, 0) is 72.1 Å². The highest BCUT2D eigenvalue weighted by atomic mass is 79.9. The summed E-state index contributed by atoms with van der Waals surface area (Å²) in [6, 6.07) is 11.6. The second-order valence-electron chi connectivity index (χ2n) is 7.01. The molecule has 0 aliphatic heterocycles. The number of ether oxygens (including phenoxy) is 1. The number of benzene rings is 2. The molecule has 8 heteroatoms. The summed E-state index contributed by atoms with van der Waals surface area (Å²) in [5.74, 6) is -0.0387. The predicted octanol–water partition coefficient (Wildman–Crippen LogP) is 5.47. The summed E-state index contributed by atoms with van der Waals surface area (Å²) in [6.45, 7) is 5.64. The first kappa shape index (κ1) is 24.5. The molecule has 2 rings (SSSR count). The molecule has 2 atom stereocenters. The maximum absolute atomic E-state index is 13.0. The Bertz CT molecular complexity index is 894. The number of halogens is 3. The molecule has 5 nitrogen and oxygen atoms in total. The number of hydrogen-bond donors (Lipinski definition) is 1. The second-order valence-corrected chi connectivity index (χ2v) is 8.74. The highest BCUT2D eigenvalue weighted by molar-refractivity contribution is 9.10. The number of amides is 2. The normalized spacial score (nSPS) is 12.7. The quantitative estimate of drug-likeness (QED) is 0.482. The molecular weight excluding hydrogens is 491 g/mol. The number of nitrogens with one attached hydrogen (secondary N) is 1. The van der Waals surface area contributed by atoms with E-state index in [1.54, 1.807) is 37.3 Å². The van der Waals surface area contributed by atoms with Gasteiger partial charge in [-0.15, -0.1) is 0 Å². The van der Waals surface area contributed by atoms with Gasteiger partial charge >= 0.3 is 0 Å². The fraction of sp³-hybridized carbons (Fsp3) is 0.364. The van der Waals surface area contributed by atoms with E-state index in [2.05, 4.69) is 21.2 Å². The van der Waals surface area contributed by atoms with Crippen LogP contribution in [0.4, 0.5) is 0 Å². The van der Waals surface area contributed by atoms with Gasteiger partial charge < -0.3 is 15.0 Å². The minimum atomic E-state index is -0.678. The Morgan fingerprint density at radius 3 is 2.47 bits per heavy atom. The lowest BCUT2D eigenvalue weighted by Gasteiger charge is -2.29. The third-order valence-corrected chi connectivity index (χ3v) is 5.75. The lowest BCUT2D eigenvalue weighted by molar-refractivity contribution is -0.142. The van der Waals surface area contributed by atoms with Gasteiger partial charge in [-0.2, -0.15) is 0 Å². The van der Waals surface area contributed by atoms with E-state index in [9.17, 15) is 9.59 Å². The molecule has 0 heterocycles. The van der Waals surface area contributed by atoms with Crippen LogP contribution in [-0.2, 0) is 16.1 Å². The zero-order valence-electron chi connectivity index (χ0n) is 17.1. The van der Waals surface area contributed by atoms with Crippen molar-refractivity contribution in [1.82, 2.24) is 10.2 Å². The van der Waals surface area contributed by atoms with Crippen molar-refractivity contribution < 1.29 is 14.3 Å². The molecule has 0 radical (unpaired) electrons. The SMILES string of the molecule is CC[C@@H](C)NC(=O)[C@@H](C)N(Cc1cccc(Cl)c1)C(=O)COc1ccc(Cl)cc1Br. The molecule has 0 bridgehead atoms. The van der Waals surface area contributed by atoms with Crippen molar-refractivity contribution in [3.05, 3.63) is 62.5 Å². The average molecular weight is 516 g/mol. The van der Waals surface area contributed by atoms with Crippen LogP contribution in [0, 0.1) is 0 Å². The molecule has 0 aromatic heterocycles. The van der Waals surface area contributed by atoms with E-state index in [1.165, 1.54) is 4.90 Å². The first-order valence-electron chi connectivity index (χ1n) is 9.63. The zero-order valence-corrected chi connectivity index (χ0v) is 20.2. The van der Waals surface area contributed by atoms with Crippen molar-refractivity contribution in [2.24, 2.45) is 0 Å². The van der Waals surface area contributed by atoms with Gasteiger partial charge in [0.2, 0.25) is 5.91 Å². The summed E-state index contributed by atoms with van der Waals surface area (Å²) in [7, 11) is 0. The standard InChI is InChI=1S/C22H25BrCl2N2O3/c1-4-14(2)26-22(29)15(3)27(12-16-6-5-7-17(24)10-16)21(28)13-30-20-9-8-18(25)11-19(20)23/h5-11,14-15H,4,12-13H2,1-3H3,(H,26,29)/t14-,15-/m1/s1. The molecule has 0 spiro atoms. The second kappa shape index (κ2) is 11.6. The molecule has 0 fully saturated rings. The van der Waals surface area contributed by atoms with Crippen LogP contribution < -0.4 is 10.1 Å². The lowest BCUT2D eigenvalue weighted by Crippen LogP contribution is -2.50. The summed E-state index contributed by atoms with van der Waals surface area (Å²) in [5.41, 5.74) is 0.826. The van der Waals surface area contributed by atoms with Gasteiger partial charge in [0.15, 0.2) is 6.61 Å². The summed E-state index contributed by atoms with van der Waals surface area (Å²) in [6.07, 6.45) is 0.800. The molecule has 162 valence electrons. The Morgan fingerprint density at radius 1 is 1.13 bits per heavy atom. The molecule has 2 amide bonds. The smallest absolute Gasteiger partial charge is 0.261 e. The molecule has 30 heavy (non-hydrogen) atoms. The number of carbonyl (C=O) groups is 2. The van der Waals surface area contributed by atoms with Crippen LogP contribution in [0.15, 0.2) is 46.9 Å². The third kappa shape index (κ3) is 7.18. The van der Waals surface area contributed by atoms with Gasteiger partial charge in [-0.3, -0.25) is 9.59 Å². The van der Waals surface area contributed by atoms with E-state index in [1.807, 2.05) is 26.0 Å². The van der Waals surface area contributed by atoms with E-state index in [0.717, 1.165) is 12.0 Å². The van der Waals surface area contributed by atoms with Crippen LogP contribution in [0.3, 0.4) is 0 Å². The molecule has 0 aliphatic rings. The van der Waals surface area contributed by atoms with Gasteiger partial charge in [0.1, 0.15) is 11.8 Å². The van der Waals surface area contributed by atoms with E-state index >= 15 is 0 Å². The van der Waals surface area contributed by atoms with E-state index < -0.39 is 6.04 Å². The number of nitrogens with zero attached hydrogens (tertiary/aromatic N) is 1. The first-order valence-corrected chi connectivity index (χ1v) is 11.2. The highest BCUT2D eigenvalue weighted by Crippen LogP contribution is 2.28. The van der Waals surface area contributed by atoms with Crippen molar-refractivity contribution in [1.29, 1.82) is 0 Å². The average Bonchev–Trinajstić information content (AvgIpc) is 2.70. The summed E-state index contributed by atoms with van der Waals surface area (Å²) in [4.78, 5) is 27.2. The first-order chi connectivity index (χ1) is 14.2. The molecule has 0 unspecified atom stereocenters. The highest BCUT2D eigenvalue weighted by Gasteiger charge is 2.27. The Balaban J connectivity index is 2.18. The Morgan fingerprint density at radius 2 is 1.83 bits per heavy atom. The van der Waals surface area contributed by atoms with Crippen molar-refractivity contribution in [2.45, 2.75) is 45.8 Å². The van der Waals surface area contributed by atoms with E-state index in [4.69, 9.17) is 27.9 Å². The lowest BCUT2D eigenvalue weighted by atomic mass is 10.1. The van der Waals surface area contributed by atoms with Gasteiger partial charge in [-0.25, -0.2) is 0 Å². The fourth-order valence-corrected chi connectivity index (χ4v) is 3.70. The largest absolute Gasteiger partial charge is 0.483 e. The molecule has 0 aliphatic carbocycles. The minimum Gasteiger partial charge on any atom is -0.483 e. The zero-order chi connectivity index (χ0) is 22.3. The van der Waals surface area contributed by atoms with Gasteiger partial charge in [0, 0.05) is 22.6 Å². The van der Waals surface area contributed by atoms with E-state index in [-0.39, 0.29) is 31.0 Å². The Kier molecular flexibility index (Phi) is 9.46. The van der Waals surface area contributed by atoms with Gasteiger partial charge in [0.05, 0.1) is 4.47 Å². The number of hydrogen-bond acceptors (Lipinski definition) is 3. The van der Waals surface area contributed by atoms with Crippen LogP contribution in [-0.4, -0.2) is 35.4 Å². The minimum absolute atomic E-state index is 0.0179. The molecule has 1 N–H and O–H groups in total. The summed E-state index contributed by atoms with van der Waals surface area (Å²) in [5, 5.41) is 4.05. The molecule has 0 saturated heterocycles. The van der Waals surface area contributed by atoms with Crippen LogP contribution in [0.1, 0.15) is 32.8 Å². The maximum Gasteiger partial charge on any atom is 0.261 e. The molecule has 0 saturated carbocycles. The predicted molar refractivity (Wildman–Crippen MR) is 124 cm³/mol. The Labute approximate surface area is 195 Å². The van der Waals surface area contributed by atoms with Crippen molar-refractivity contribution in [2.75, 3.05) is 6.61 Å². The van der Waals surface area contributed by atoms with Crippen LogP contribution >= 0.6 is 39.1 Å². The van der Waals surface area contributed by atoms with Crippen LogP contribution in [0.5, 0.6) is 5.75 Å². The number of rotatable bonds is 9. The summed E-state index contributed by atoms with van der Waals surface area (Å²) >= 11 is 15.4. The maximum atomic E-state index is 13.0. The number of carbonyl (C=O) groups excluding carboxylic acids is 2. The van der Waals surface area contributed by atoms with Crippen molar-refractivity contribution in [3.63, 3.8) is 0 Å². The van der Waals surface area contributed by atoms with Gasteiger partial charge in [0.25, 0.3) is 5.91 Å². The Hall–Kier alpha value is -1.76. The molecule has 2 aromatic rings. The fourth-order valence-electron chi connectivity index (χ4n) is 2.69. The van der Waals surface area contributed by atoms with Crippen molar-refractivity contribution >= 4 is 50.9 Å². The molecular formula is C22H25BrCl2N2O3. The summed E-state index contributed by atoms with van der Waals surface area (Å²) < 4.78 is 6.32. The third-order valence-electron chi connectivity index (χ3n) is 4.66. The van der Waals surface area contributed by atoms with E-state index in [0.29, 0.717) is 20.3 Å². The van der Waals surface area contributed by atoms with Gasteiger partial charge in [-0.1, -0.05) is 42.3 Å². The topological polar surface area (TPSA) is 58.6 Å². The van der Waals surface area contributed by atoms with Crippen LogP contribution in [0.25, 0.3) is 0 Å². The molecule has 2 aromatic carbocycles. The monoisotopic (exact) mass is 514 g/mol.